The Balaban J connectivity index is -0.0000000998. The first-order valence-electron chi connectivity index (χ1n) is 38.9. The minimum absolute atomic E-state index is 0.0556. The van der Waals surface area contributed by atoms with Crippen LogP contribution in [0.3, 0.4) is 0 Å². The summed E-state index contributed by atoms with van der Waals surface area (Å²) in [4.78, 5) is 146. The van der Waals surface area contributed by atoms with Gasteiger partial charge >= 0.3 is 84.1 Å². The van der Waals surface area contributed by atoms with Gasteiger partial charge in [0.25, 0.3) is 0 Å². The van der Waals surface area contributed by atoms with Crippen LogP contribution in [0.4, 0.5) is 14.4 Å². The number of hydrogen-bond acceptors (Lipinski definition) is 35. The lowest BCUT2D eigenvalue weighted by Gasteiger charge is -2.18. The maximum absolute atomic E-state index is 10.8. The van der Waals surface area contributed by atoms with Gasteiger partial charge in [-0.25, -0.2) is 28.8 Å². The van der Waals surface area contributed by atoms with Crippen molar-refractivity contribution in [2.24, 2.45) is 0 Å². The van der Waals surface area contributed by atoms with E-state index in [2.05, 4.69) is 78.0 Å². The van der Waals surface area contributed by atoms with Crippen molar-refractivity contribution < 1.29 is 167 Å². The van der Waals surface area contributed by atoms with Gasteiger partial charge in [-0.05, 0) is 125 Å². The lowest BCUT2D eigenvalue weighted by molar-refractivity contribution is -0.157. The van der Waals surface area contributed by atoms with Gasteiger partial charge in [0.15, 0.2) is 6.61 Å². The third-order valence-corrected chi connectivity index (χ3v) is 10.6. The highest BCUT2D eigenvalue weighted by Crippen LogP contribution is 2.09. The van der Waals surface area contributed by atoms with E-state index < -0.39 is 47.9 Å². The van der Waals surface area contributed by atoms with Crippen molar-refractivity contribution in [3.63, 3.8) is 0 Å². The number of methoxy groups -OCH3 is 5. The zero-order valence-electron chi connectivity index (χ0n) is 74.7. The first-order valence-corrected chi connectivity index (χ1v) is 38.9. The molecule has 0 heterocycles. The molecule has 0 rings (SSSR count). The highest BCUT2D eigenvalue weighted by molar-refractivity contribution is 5.91. The first-order chi connectivity index (χ1) is 53.8. The summed E-state index contributed by atoms with van der Waals surface area (Å²) in [6.45, 7) is 45.0. The minimum atomic E-state index is -0.621. The first kappa shape index (κ1) is 132. The fourth-order valence-corrected chi connectivity index (χ4v) is 5.46. The van der Waals surface area contributed by atoms with E-state index in [9.17, 15) is 67.1 Å². The molecule has 680 valence electrons. The van der Waals surface area contributed by atoms with Crippen molar-refractivity contribution in [2.45, 2.75) is 292 Å². The quantitative estimate of drug-likeness (QED) is 0.0257. The number of esters is 11. The number of ether oxygens (including phenoxy) is 20. The summed E-state index contributed by atoms with van der Waals surface area (Å²) in [5, 5.41) is 8.21. The van der Waals surface area contributed by atoms with Crippen LogP contribution in [-0.2, 0) is 147 Å². The standard InChI is InChI=1S/C9H18O2.C8H16O3.C7H14O4.2C7H12O4.C7H14O3.2C6H12O3.2C6H12O2.C5H10O3.C5H10O2/c1-4-6-7-9(5-2)11-8(3)10;1-5-6-10-7(9)11-8(2,3)4;1-3-4-10-7(8)11-6-5-9-2;1-3-4-11-7(9)5-6(8)10-2;1-3-4-10-7(9)5-11-6(2)8;1-3-5-9-6-7(8)10-4-2;1-3-4-9-6(7)5-8-2;1-2-3-6(8)9-5-4-7;1-4-5(2)8-6(3)7;1-3-5-6(7)8-4-2;1-3-4-8-5(6)7-2;1-3-4-5(6)7-2/h9H,4-7H2,1-3H3;5-6H2,1-4H3;3-6H2,1-2H3;2*3-5H2,1-2H3;3-6H2,1-2H3;3-5H2,1-2H3;7H,2-5H2,1H3;5H,4H2,1-3H3;3-5H2,1-2H3;3-4H2,1-2H3;3-4H2,1-2H3. The highest BCUT2D eigenvalue weighted by Gasteiger charge is 2.17. The second-order valence-electron chi connectivity index (χ2n) is 23.2. The molecule has 0 aromatic heterocycles. The molecule has 0 aromatic rings. The number of unbranched alkanes of at least 4 members (excludes halogenated alkanes) is 1. The Hall–Kier alpha value is -8.18. The second-order valence-corrected chi connectivity index (χ2v) is 23.2. The van der Waals surface area contributed by atoms with Gasteiger partial charge < -0.3 is 99.8 Å². The second kappa shape index (κ2) is 111. The SMILES string of the molecule is CCC(C)OC(C)=O.CCCC(=O)OC.CCCC(=O)OCC.CCCC(=O)OCCO.CCCCC(CC)OC(C)=O.CCCOC(=O)CC(=O)OC.CCCOC(=O)COC.CCCOC(=O)COC(C)=O.CCCOC(=O)OC.CCCOC(=O)OC(C)(C)C.CCCOC(=O)OCCOC.CCCOCC(=O)OCC. The summed E-state index contributed by atoms with van der Waals surface area (Å²) >= 11 is 0. The Labute approximate surface area is 682 Å². The lowest BCUT2D eigenvalue weighted by atomic mass is 10.1. The van der Waals surface area contributed by atoms with E-state index in [4.69, 9.17) is 28.8 Å². The minimum Gasteiger partial charge on any atom is -0.469 e. The van der Waals surface area contributed by atoms with Gasteiger partial charge in [0.2, 0.25) is 0 Å². The smallest absolute Gasteiger partial charge is 0.469 e. The number of carbonyl (C=O) groups is 14. The fourth-order valence-electron chi connectivity index (χ4n) is 5.46. The molecule has 2 unspecified atom stereocenters. The summed E-state index contributed by atoms with van der Waals surface area (Å²) in [5.74, 6) is -3.43. The Morgan fingerprint density at radius 1 is 0.325 bits per heavy atom. The maximum atomic E-state index is 10.8. The number of aliphatic hydroxyl groups is 1. The average molecular weight is 1660 g/mol. The molecule has 1 N–H and O–H groups in total. The van der Waals surface area contributed by atoms with E-state index in [-0.39, 0.29) is 100 Å². The molecule has 35 nitrogen and oxygen atoms in total. The van der Waals surface area contributed by atoms with Crippen LogP contribution < -0.4 is 0 Å². The van der Waals surface area contributed by atoms with E-state index in [1.54, 1.807) is 34.8 Å². The molecule has 0 fully saturated rings. The number of aliphatic hydroxyl groups excluding tert-OH is 1. The van der Waals surface area contributed by atoms with Gasteiger partial charge in [0.1, 0.15) is 44.6 Å². The van der Waals surface area contributed by atoms with Crippen LogP contribution >= 0.6 is 0 Å². The van der Waals surface area contributed by atoms with Crippen molar-refractivity contribution in [1.82, 2.24) is 0 Å². The molecular weight excluding hydrogens is 1510 g/mol. The van der Waals surface area contributed by atoms with Crippen molar-refractivity contribution in [3.8, 4) is 0 Å². The van der Waals surface area contributed by atoms with Crippen LogP contribution in [0.2, 0.25) is 0 Å². The molecule has 0 aliphatic carbocycles. The van der Waals surface area contributed by atoms with E-state index in [0.29, 0.717) is 85.3 Å². The molecule has 35 heteroatoms. The normalized spacial score (nSPS) is 9.75. The predicted octanol–water partition coefficient (Wildman–Crippen LogP) is 13.8. The van der Waals surface area contributed by atoms with E-state index in [1.807, 2.05) is 96.9 Å². The summed E-state index contributed by atoms with van der Waals surface area (Å²) < 4.78 is 92.1. The van der Waals surface area contributed by atoms with Gasteiger partial charge in [-0.15, -0.1) is 0 Å². The predicted molar refractivity (Wildman–Crippen MR) is 426 cm³/mol. The van der Waals surface area contributed by atoms with E-state index in [1.165, 1.54) is 49.2 Å². The van der Waals surface area contributed by atoms with Crippen molar-refractivity contribution in [2.75, 3.05) is 141 Å². The topological polar surface area (TPSA) is 444 Å². The third kappa shape index (κ3) is 156. The molecule has 0 amide bonds. The van der Waals surface area contributed by atoms with Crippen molar-refractivity contribution in [3.05, 3.63) is 0 Å². The third-order valence-electron chi connectivity index (χ3n) is 10.6. The van der Waals surface area contributed by atoms with Gasteiger partial charge in [-0.1, -0.05) is 103 Å². The molecule has 0 spiro atoms. The molecule has 0 aliphatic rings. The zero-order chi connectivity index (χ0) is 90.6. The Morgan fingerprint density at radius 2 is 0.711 bits per heavy atom. The van der Waals surface area contributed by atoms with Crippen LogP contribution in [0.15, 0.2) is 0 Å². The number of carbonyl (C=O) groups excluding carboxylic acids is 14. The van der Waals surface area contributed by atoms with Gasteiger partial charge in [-0.2, -0.15) is 0 Å². The van der Waals surface area contributed by atoms with Gasteiger partial charge in [0, 0.05) is 60.9 Å². The average Bonchev–Trinajstić information content (AvgIpc) is 0.951. The highest BCUT2D eigenvalue weighted by atomic mass is 16.7. The van der Waals surface area contributed by atoms with E-state index in [0.717, 1.165) is 96.3 Å². The molecule has 0 aromatic carbocycles. The van der Waals surface area contributed by atoms with E-state index >= 15 is 0 Å². The largest absolute Gasteiger partial charge is 0.508 e. The summed E-state index contributed by atoms with van der Waals surface area (Å²) in [7, 11) is 6.93. The van der Waals surface area contributed by atoms with Gasteiger partial charge in [-0.3, -0.25) is 38.4 Å². The Kier molecular flexibility index (Phi) is 129. The van der Waals surface area contributed by atoms with Crippen LogP contribution in [0.5, 0.6) is 0 Å². The van der Waals surface area contributed by atoms with Crippen LogP contribution in [-0.4, -0.2) is 248 Å². The molecule has 0 aliphatic heterocycles. The molecule has 0 saturated heterocycles. The number of rotatable bonds is 42. The van der Waals surface area contributed by atoms with Crippen molar-refractivity contribution >= 4 is 84.1 Å². The molecule has 0 radical (unpaired) electrons. The monoisotopic (exact) mass is 1660 g/mol. The summed E-state index contributed by atoms with van der Waals surface area (Å²) in [5.41, 5.74) is -0.454. The van der Waals surface area contributed by atoms with Crippen LogP contribution in [0, 0.1) is 0 Å². The van der Waals surface area contributed by atoms with Crippen molar-refractivity contribution in [1.29, 1.82) is 0 Å². The zero-order valence-corrected chi connectivity index (χ0v) is 74.7. The molecule has 0 bridgehead atoms. The lowest BCUT2D eigenvalue weighted by Crippen LogP contribution is -2.24. The molecular formula is C79H154O35. The van der Waals surface area contributed by atoms with Crippen LogP contribution in [0.25, 0.3) is 0 Å². The molecule has 2 atom stereocenters. The number of hydrogen-bond donors (Lipinski definition) is 1. The Bertz CT molecular complexity index is 2190. The maximum Gasteiger partial charge on any atom is 0.508 e. The summed E-state index contributed by atoms with van der Waals surface area (Å²) in [6, 6.07) is 0. The van der Waals surface area contributed by atoms with Crippen LogP contribution in [0.1, 0.15) is 274 Å². The summed E-state index contributed by atoms with van der Waals surface area (Å²) in [6.07, 6.45) is 13.1. The fraction of sp³-hybridized carbons (Fsp3) is 0.823. The Morgan fingerprint density at radius 3 is 1.05 bits per heavy atom. The van der Waals surface area contributed by atoms with Gasteiger partial charge in [0.05, 0.1) is 93.5 Å². The molecule has 114 heavy (non-hydrogen) atoms. The molecule has 0 saturated carbocycles.